The van der Waals surface area contributed by atoms with Crippen molar-refractivity contribution in [3.8, 4) is 0 Å². The molecule has 1 atom stereocenters. The minimum absolute atomic E-state index is 0.205. The van der Waals surface area contributed by atoms with E-state index in [0.717, 1.165) is 5.56 Å². The van der Waals surface area contributed by atoms with Crippen molar-refractivity contribution in [3.05, 3.63) is 29.7 Å². The van der Waals surface area contributed by atoms with Gasteiger partial charge in [0.25, 0.3) is 0 Å². The minimum Gasteiger partial charge on any atom is -0.480 e. The molecule has 2 N–H and O–H groups in total. The van der Waals surface area contributed by atoms with Gasteiger partial charge in [0, 0.05) is 20.3 Å². The molecule has 100 valence electrons. The second kappa shape index (κ2) is 5.09. The summed E-state index contributed by atoms with van der Waals surface area (Å²) in [5.41, 5.74) is 2.12. The van der Waals surface area contributed by atoms with Crippen LogP contribution in [0.25, 0.3) is 11.1 Å². The smallest absolute Gasteiger partial charge is 0.326 e. The fourth-order valence-electron chi connectivity index (χ4n) is 1.90. The standard InChI is InChI=1S/C13H14N2O4/c1-7(16)14-11(13(17)18)6-9-3-4-12-10(5-9)15-8(2)19-12/h3-5,11H,6H2,1-2H3,(H,14,16)(H,17,18). The van der Waals surface area contributed by atoms with Crippen molar-refractivity contribution in [1.82, 2.24) is 10.3 Å². The van der Waals surface area contributed by atoms with Crippen LogP contribution < -0.4 is 5.32 Å². The molecule has 2 rings (SSSR count). The quantitative estimate of drug-likeness (QED) is 0.865. The van der Waals surface area contributed by atoms with Gasteiger partial charge in [-0.05, 0) is 17.7 Å². The maximum Gasteiger partial charge on any atom is 0.326 e. The number of rotatable bonds is 4. The number of carboxylic acid groups (broad SMARTS) is 1. The lowest BCUT2D eigenvalue weighted by atomic mass is 10.1. The van der Waals surface area contributed by atoms with Gasteiger partial charge in [-0.3, -0.25) is 4.79 Å². The first kappa shape index (κ1) is 13.1. The van der Waals surface area contributed by atoms with Crippen LogP contribution in [0.5, 0.6) is 0 Å². The van der Waals surface area contributed by atoms with E-state index in [-0.39, 0.29) is 12.3 Å². The average Bonchev–Trinajstić information content (AvgIpc) is 2.66. The van der Waals surface area contributed by atoms with Crippen molar-refractivity contribution in [2.45, 2.75) is 26.3 Å². The molecule has 0 radical (unpaired) electrons. The number of amides is 1. The van der Waals surface area contributed by atoms with Gasteiger partial charge in [-0.1, -0.05) is 6.07 Å². The number of hydrogen-bond donors (Lipinski definition) is 2. The summed E-state index contributed by atoms with van der Waals surface area (Å²) < 4.78 is 5.34. The summed E-state index contributed by atoms with van der Waals surface area (Å²) in [5, 5.41) is 11.5. The lowest BCUT2D eigenvalue weighted by Crippen LogP contribution is -2.41. The Bertz CT molecular complexity index is 633. The molecule has 0 saturated heterocycles. The van der Waals surface area contributed by atoms with Crippen LogP contribution >= 0.6 is 0 Å². The number of aromatic nitrogens is 1. The van der Waals surface area contributed by atoms with Gasteiger partial charge in [-0.2, -0.15) is 0 Å². The molecule has 1 aromatic heterocycles. The average molecular weight is 262 g/mol. The molecule has 1 heterocycles. The molecule has 0 bridgehead atoms. The van der Waals surface area contributed by atoms with Crippen LogP contribution in [0, 0.1) is 6.92 Å². The van der Waals surface area contributed by atoms with Gasteiger partial charge in [-0.25, -0.2) is 9.78 Å². The highest BCUT2D eigenvalue weighted by Crippen LogP contribution is 2.17. The zero-order chi connectivity index (χ0) is 14.0. The van der Waals surface area contributed by atoms with E-state index in [4.69, 9.17) is 9.52 Å². The van der Waals surface area contributed by atoms with E-state index in [9.17, 15) is 9.59 Å². The number of carbonyl (C=O) groups is 2. The van der Waals surface area contributed by atoms with Crippen molar-refractivity contribution in [3.63, 3.8) is 0 Å². The summed E-state index contributed by atoms with van der Waals surface area (Å²) in [6, 6.07) is 4.34. The van der Waals surface area contributed by atoms with Crippen molar-refractivity contribution < 1.29 is 19.1 Å². The Kier molecular flexibility index (Phi) is 3.50. The van der Waals surface area contributed by atoms with Gasteiger partial charge in [0.15, 0.2) is 11.5 Å². The monoisotopic (exact) mass is 262 g/mol. The number of carboxylic acids is 1. The highest BCUT2D eigenvalue weighted by Gasteiger charge is 2.19. The normalized spacial score (nSPS) is 12.3. The van der Waals surface area contributed by atoms with E-state index in [0.29, 0.717) is 17.0 Å². The number of benzene rings is 1. The molecule has 0 spiro atoms. The Hall–Kier alpha value is -2.37. The van der Waals surface area contributed by atoms with Crippen LogP contribution in [0.3, 0.4) is 0 Å². The van der Waals surface area contributed by atoms with Crippen molar-refractivity contribution in [1.29, 1.82) is 0 Å². The summed E-state index contributed by atoms with van der Waals surface area (Å²) in [7, 11) is 0. The van der Waals surface area contributed by atoms with Gasteiger partial charge in [0.05, 0.1) is 0 Å². The Morgan fingerprint density at radius 1 is 1.47 bits per heavy atom. The summed E-state index contributed by atoms with van der Waals surface area (Å²) in [5.74, 6) is -0.874. The fraction of sp³-hybridized carbons (Fsp3) is 0.308. The van der Waals surface area contributed by atoms with E-state index >= 15 is 0 Å². The predicted molar refractivity (Wildman–Crippen MR) is 67.7 cm³/mol. The Labute approximate surface area is 109 Å². The van der Waals surface area contributed by atoms with Gasteiger partial charge < -0.3 is 14.8 Å². The largest absolute Gasteiger partial charge is 0.480 e. The fourth-order valence-corrected chi connectivity index (χ4v) is 1.90. The summed E-state index contributed by atoms with van der Waals surface area (Å²) >= 11 is 0. The number of hydrogen-bond acceptors (Lipinski definition) is 4. The first-order valence-electron chi connectivity index (χ1n) is 5.81. The third kappa shape index (κ3) is 3.09. The van der Waals surface area contributed by atoms with Gasteiger partial charge >= 0.3 is 5.97 Å². The van der Waals surface area contributed by atoms with E-state index in [2.05, 4.69) is 10.3 Å². The van der Waals surface area contributed by atoms with Crippen LogP contribution in [0.1, 0.15) is 18.4 Å². The number of oxazole rings is 1. The third-order valence-electron chi connectivity index (χ3n) is 2.67. The van der Waals surface area contributed by atoms with Crippen LogP contribution in [0.15, 0.2) is 22.6 Å². The number of aliphatic carboxylic acids is 1. The highest BCUT2D eigenvalue weighted by molar-refractivity contribution is 5.82. The molecule has 6 heteroatoms. The van der Waals surface area contributed by atoms with Gasteiger partial charge in [0.2, 0.25) is 5.91 Å². The molecule has 0 aliphatic rings. The number of aryl methyl sites for hydroxylation is 1. The molecule has 1 unspecified atom stereocenters. The van der Waals surface area contributed by atoms with E-state index < -0.39 is 12.0 Å². The lowest BCUT2D eigenvalue weighted by molar-refractivity contribution is -0.141. The zero-order valence-electron chi connectivity index (χ0n) is 10.6. The SMILES string of the molecule is CC(=O)NC(Cc1ccc2oc(C)nc2c1)C(=O)O. The first-order valence-corrected chi connectivity index (χ1v) is 5.81. The van der Waals surface area contributed by atoms with Crippen molar-refractivity contribution >= 4 is 23.0 Å². The molecular weight excluding hydrogens is 248 g/mol. The second-order valence-corrected chi connectivity index (χ2v) is 4.33. The summed E-state index contributed by atoms with van der Waals surface area (Å²) in [4.78, 5) is 26.2. The second-order valence-electron chi connectivity index (χ2n) is 4.33. The Morgan fingerprint density at radius 2 is 2.21 bits per heavy atom. The van der Waals surface area contributed by atoms with Crippen LogP contribution in [0.4, 0.5) is 0 Å². The van der Waals surface area contributed by atoms with E-state index in [1.54, 1.807) is 25.1 Å². The van der Waals surface area contributed by atoms with E-state index in [1.807, 2.05) is 0 Å². The van der Waals surface area contributed by atoms with Gasteiger partial charge in [0.1, 0.15) is 11.6 Å². The van der Waals surface area contributed by atoms with Crippen LogP contribution in [-0.2, 0) is 16.0 Å². The third-order valence-corrected chi connectivity index (χ3v) is 2.67. The van der Waals surface area contributed by atoms with Crippen molar-refractivity contribution in [2.24, 2.45) is 0 Å². The number of nitrogens with one attached hydrogen (secondary N) is 1. The molecule has 0 aliphatic carbocycles. The van der Waals surface area contributed by atoms with Crippen molar-refractivity contribution in [2.75, 3.05) is 0 Å². The molecule has 1 aromatic carbocycles. The highest BCUT2D eigenvalue weighted by atomic mass is 16.4. The molecule has 2 aromatic rings. The molecular formula is C13H14N2O4. The maximum atomic E-state index is 11.1. The Balaban J connectivity index is 2.23. The van der Waals surface area contributed by atoms with E-state index in [1.165, 1.54) is 6.92 Å². The number of carbonyl (C=O) groups excluding carboxylic acids is 1. The summed E-state index contributed by atoms with van der Waals surface area (Å²) in [6.45, 7) is 3.04. The van der Waals surface area contributed by atoms with Gasteiger partial charge in [-0.15, -0.1) is 0 Å². The predicted octanol–water partition coefficient (Wildman–Crippen LogP) is 1.27. The Morgan fingerprint density at radius 3 is 2.84 bits per heavy atom. The number of nitrogens with zero attached hydrogens (tertiary/aromatic N) is 1. The lowest BCUT2D eigenvalue weighted by Gasteiger charge is -2.12. The molecule has 19 heavy (non-hydrogen) atoms. The molecule has 1 amide bonds. The summed E-state index contributed by atoms with van der Waals surface area (Å²) in [6.07, 6.45) is 0.205. The molecule has 0 saturated carbocycles. The minimum atomic E-state index is -1.06. The topological polar surface area (TPSA) is 92.4 Å². The molecule has 0 aliphatic heterocycles. The number of fused-ring (bicyclic) bond motifs is 1. The zero-order valence-corrected chi connectivity index (χ0v) is 10.6. The van der Waals surface area contributed by atoms with Crippen LogP contribution in [-0.4, -0.2) is 28.0 Å². The first-order chi connectivity index (χ1) is 8.95. The molecule has 0 fully saturated rings. The molecule has 6 nitrogen and oxygen atoms in total. The van der Waals surface area contributed by atoms with Crippen LogP contribution in [0.2, 0.25) is 0 Å². The maximum absolute atomic E-state index is 11.1.